The Balaban J connectivity index is 1.30. The molecule has 164 valence electrons. The van der Waals surface area contributed by atoms with Gasteiger partial charge < -0.3 is 10.1 Å². The van der Waals surface area contributed by atoms with Crippen LogP contribution in [0.15, 0.2) is 84.1 Å². The van der Waals surface area contributed by atoms with Crippen molar-refractivity contribution in [1.29, 1.82) is 0 Å². The van der Waals surface area contributed by atoms with Gasteiger partial charge in [-0.2, -0.15) is 5.10 Å². The van der Waals surface area contributed by atoms with Crippen LogP contribution in [0.3, 0.4) is 0 Å². The molecule has 4 aromatic rings. The predicted molar refractivity (Wildman–Crippen MR) is 121 cm³/mol. The van der Waals surface area contributed by atoms with Crippen LogP contribution in [0.5, 0.6) is 11.5 Å². The van der Waals surface area contributed by atoms with Crippen molar-refractivity contribution in [3.63, 3.8) is 0 Å². The number of nitrogens with one attached hydrogen (secondary N) is 2. The molecular formula is C22H22N6O3S. The van der Waals surface area contributed by atoms with Gasteiger partial charge in [0.25, 0.3) is 0 Å². The van der Waals surface area contributed by atoms with Gasteiger partial charge in [0.1, 0.15) is 23.6 Å². The van der Waals surface area contributed by atoms with E-state index in [1.807, 2.05) is 49.5 Å². The molecule has 0 aliphatic heterocycles. The second-order valence-electron chi connectivity index (χ2n) is 6.87. The largest absolute Gasteiger partial charge is 0.457 e. The SMILES string of the molecule is Cc1ccn(-c2cc(NCCNS(=O)(=O)c3ccc(Oc4ccccc4)cc3)ncn2)n1. The van der Waals surface area contributed by atoms with E-state index in [1.54, 1.807) is 22.9 Å². The highest BCUT2D eigenvalue weighted by atomic mass is 32.2. The van der Waals surface area contributed by atoms with Crippen LogP contribution >= 0.6 is 0 Å². The second-order valence-corrected chi connectivity index (χ2v) is 8.64. The summed E-state index contributed by atoms with van der Waals surface area (Å²) in [7, 11) is -3.65. The van der Waals surface area contributed by atoms with E-state index in [0.717, 1.165) is 5.69 Å². The van der Waals surface area contributed by atoms with Crippen LogP contribution in [-0.4, -0.2) is 41.3 Å². The molecule has 0 amide bonds. The number of aryl methyl sites for hydroxylation is 1. The Morgan fingerprint density at radius 1 is 0.938 bits per heavy atom. The van der Waals surface area contributed by atoms with Crippen LogP contribution < -0.4 is 14.8 Å². The van der Waals surface area contributed by atoms with Gasteiger partial charge >= 0.3 is 0 Å². The molecule has 0 fully saturated rings. The number of rotatable bonds is 9. The minimum Gasteiger partial charge on any atom is -0.457 e. The minimum absolute atomic E-state index is 0.163. The van der Waals surface area contributed by atoms with E-state index >= 15 is 0 Å². The van der Waals surface area contributed by atoms with Crippen LogP contribution in [0.4, 0.5) is 5.82 Å². The number of hydrogen-bond donors (Lipinski definition) is 2. The Labute approximate surface area is 186 Å². The van der Waals surface area contributed by atoms with E-state index < -0.39 is 10.0 Å². The van der Waals surface area contributed by atoms with Crippen molar-refractivity contribution in [2.45, 2.75) is 11.8 Å². The minimum atomic E-state index is -3.65. The molecule has 0 saturated carbocycles. The quantitative estimate of drug-likeness (QED) is 0.377. The van der Waals surface area contributed by atoms with Crippen molar-refractivity contribution in [1.82, 2.24) is 24.5 Å². The standard InChI is InChI=1S/C22H22N6O3S/c1-17-11-14-28(27-17)22-15-21(24-16-25-22)23-12-13-26-32(29,30)20-9-7-19(8-10-20)31-18-5-3-2-4-6-18/h2-11,14-16,26H,12-13H2,1H3,(H,23,24,25). The fourth-order valence-corrected chi connectivity index (χ4v) is 3.91. The van der Waals surface area contributed by atoms with Crippen molar-refractivity contribution < 1.29 is 13.2 Å². The maximum atomic E-state index is 12.5. The number of para-hydroxylation sites is 1. The van der Waals surface area contributed by atoms with Crippen molar-refractivity contribution in [3.05, 3.63) is 84.9 Å². The molecule has 2 N–H and O–H groups in total. The third kappa shape index (κ3) is 5.48. The fourth-order valence-electron chi connectivity index (χ4n) is 2.88. The van der Waals surface area contributed by atoms with Crippen molar-refractivity contribution in [2.75, 3.05) is 18.4 Å². The lowest BCUT2D eigenvalue weighted by atomic mass is 10.3. The molecule has 0 unspecified atom stereocenters. The van der Waals surface area contributed by atoms with E-state index in [1.165, 1.54) is 18.5 Å². The van der Waals surface area contributed by atoms with Gasteiger partial charge in [-0.15, -0.1) is 0 Å². The first-order chi connectivity index (χ1) is 15.5. The zero-order valence-corrected chi connectivity index (χ0v) is 18.2. The molecule has 0 radical (unpaired) electrons. The zero-order valence-electron chi connectivity index (χ0n) is 17.3. The topological polar surface area (TPSA) is 111 Å². The lowest BCUT2D eigenvalue weighted by Gasteiger charge is -2.10. The highest BCUT2D eigenvalue weighted by Gasteiger charge is 2.13. The van der Waals surface area contributed by atoms with Crippen LogP contribution in [0.2, 0.25) is 0 Å². The summed E-state index contributed by atoms with van der Waals surface area (Å²) in [4.78, 5) is 8.51. The molecule has 0 saturated heterocycles. The Bertz CT molecular complexity index is 1270. The summed E-state index contributed by atoms with van der Waals surface area (Å²) in [6.07, 6.45) is 3.24. The van der Waals surface area contributed by atoms with Crippen LogP contribution in [0.1, 0.15) is 5.69 Å². The third-order valence-electron chi connectivity index (χ3n) is 4.45. The molecule has 32 heavy (non-hydrogen) atoms. The monoisotopic (exact) mass is 450 g/mol. The molecule has 0 atom stereocenters. The smallest absolute Gasteiger partial charge is 0.240 e. The summed E-state index contributed by atoms with van der Waals surface area (Å²) < 4.78 is 35.0. The van der Waals surface area contributed by atoms with Gasteiger partial charge in [0.2, 0.25) is 10.0 Å². The molecule has 2 aromatic carbocycles. The van der Waals surface area contributed by atoms with Crippen molar-refractivity contribution in [2.24, 2.45) is 0 Å². The Hall–Kier alpha value is -3.76. The highest BCUT2D eigenvalue weighted by molar-refractivity contribution is 7.89. The number of ether oxygens (including phenoxy) is 1. The molecule has 0 aliphatic rings. The van der Waals surface area contributed by atoms with Crippen molar-refractivity contribution in [3.8, 4) is 17.3 Å². The second kappa shape index (κ2) is 9.58. The average Bonchev–Trinajstić information content (AvgIpc) is 3.24. The number of benzene rings is 2. The molecule has 0 aliphatic carbocycles. The first kappa shape index (κ1) is 21.5. The first-order valence-corrected chi connectivity index (χ1v) is 11.4. The Morgan fingerprint density at radius 3 is 2.41 bits per heavy atom. The number of hydrogen-bond acceptors (Lipinski definition) is 7. The number of sulfonamides is 1. The highest BCUT2D eigenvalue weighted by Crippen LogP contribution is 2.22. The normalized spacial score (nSPS) is 11.3. The van der Waals surface area contributed by atoms with E-state index in [0.29, 0.717) is 29.7 Å². The van der Waals surface area contributed by atoms with E-state index in [9.17, 15) is 8.42 Å². The van der Waals surface area contributed by atoms with Gasteiger partial charge in [-0.3, -0.25) is 0 Å². The van der Waals surface area contributed by atoms with Gasteiger partial charge in [0, 0.05) is 25.4 Å². The van der Waals surface area contributed by atoms with Crippen molar-refractivity contribution >= 4 is 15.8 Å². The average molecular weight is 451 g/mol. The number of aromatic nitrogens is 4. The summed E-state index contributed by atoms with van der Waals surface area (Å²) in [5.41, 5.74) is 0.882. The summed E-state index contributed by atoms with van der Waals surface area (Å²) in [5.74, 6) is 2.44. The molecule has 2 heterocycles. The Morgan fingerprint density at radius 2 is 1.69 bits per heavy atom. The molecule has 9 nitrogen and oxygen atoms in total. The Kier molecular flexibility index (Phi) is 6.43. The van der Waals surface area contributed by atoms with E-state index in [-0.39, 0.29) is 11.4 Å². The molecule has 0 bridgehead atoms. The van der Waals surface area contributed by atoms with E-state index in [2.05, 4.69) is 25.1 Å². The molecule has 4 rings (SSSR count). The van der Waals surface area contributed by atoms with Gasteiger partial charge in [-0.1, -0.05) is 18.2 Å². The van der Waals surface area contributed by atoms with Crippen LogP contribution in [-0.2, 0) is 10.0 Å². The van der Waals surface area contributed by atoms with Gasteiger partial charge in [-0.25, -0.2) is 27.8 Å². The summed E-state index contributed by atoms with van der Waals surface area (Å²) in [5, 5.41) is 7.39. The maximum Gasteiger partial charge on any atom is 0.240 e. The number of nitrogens with zero attached hydrogens (tertiary/aromatic N) is 4. The maximum absolute atomic E-state index is 12.5. The zero-order chi connectivity index (χ0) is 22.4. The summed E-state index contributed by atoms with van der Waals surface area (Å²) in [6.45, 7) is 2.43. The first-order valence-electron chi connectivity index (χ1n) is 9.91. The van der Waals surface area contributed by atoms with Gasteiger partial charge in [0.05, 0.1) is 10.6 Å². The van der Waals surface area contributed by atoms with Gasteiger partial charge in [-0.05, 0) is 49.4 Å². The van der Waals surface area contributed by atoms with E-state index in [4.69, 9.17) is 4.74 Å². The third-order valence-corrected chi connectivity index (χ3v) is 5.92. The summed E-state index contributed by atoms with van der Waals surface area (Å²) in [6, 6.07) is 19.2. The van der Waals surface area contributed by atoms with Crippen LogP contribution in [0, 0.1) is 6.92 Å². The predicted octanol–water partition coefficient (Wildman–Crippen LogP) is 3.15. The lowest BCUT2D eigenvalue weighted by molar-refractivity contribution is 0.482. The molecule has 10 heteroatoms. The fraction of sp³-hybridized carbons (Fsp3) is 0.136. The molecular weight excluding hydrogens is 428 g/mol. The van der Waals surface area contributed by atoms with Gasteiger partial charge in [0.15, 0.2) is 5.82 Å². The molecule has 2 aromatic heterocycles. The lowest BCUT2D eigenvalue weighted by Crippen LogP contribution is -2.29. The molecule has 0 spiro atoms. The number of anilines is 1. The summed E-state index contributed by atoms with van der Waals surface area (Å²) >= 11 is 0. The van der Waals surface area contributed by atoms with Crippen LogP contribution in [0.25, 0.3) is 5.82 Å².